The first-order chi connectivity index (χ1) is 19.5. The molecule has 1 unspecified atom stereocenters. The van der Waals surface area contributed by atoms with Gasteiger partial charge in [-0.15, -0.1) is 0 Å². The van der Waals surface area contributed by atoms with Gasteiger partial charge in [0.2, 0.25) is 0 Å². The molecular formula is C31H38N2O7. The number of aliphatic hydroxyl groups is 1. The topological polar surface area (TPSA) is 97.8 Å². The lowest BCUT2D eigenvalue weighted by molar-refractivity contribution is -0.140. The molecule has 214 valence electrons. The molecule has 1 amide bonds. The second-order valence-electron chi connectivity index (χ2n) is 9.68. The number of ketones is 1. The van der Waals surface area contributed by atoms with Crippen LogP contribution in [0.15, 0.2) is 60.7 Å². The Morgan fingerprint density at radius 3 is 2.50 bits per heavy atom. The van der Waals surface area contributed by atoms with Gasteiger partial charge in [-0.05, 0) is 54.8 Å². The Morgan fingerprint density at radius 2 is 1.82 bits per heavy atom. The molecule has 2 aromatic carbocycles. The molecule has 0 radical (unpaired) electrons. The zero-order valence-electron chi connectivity index (χ0n) is 23.3. The van der Waals surface area contributed by atoms with Gasteiger partial charge in [0.05, 0.1) is 38.5 Å². The van der Waals surface area contributed by atoms with Crippen LogP contribution in [0.25, 0.3) is 5.76 Å². The summed E-state index contributed by atoms with van der Waals surface area (Å²) in [5.74, 6) is 0.0488. The van der Waals surface area contributed by atoms with Crippen LogP contribution in [0.1, 0.15) is 36.9 Å². The van der Waals surface area contributed by atoms with E-state index in [1.165, 1.54) is 7.11 Å². The molecule has 2 fully saturated rings. The molecule has 2 saturated heterocycles. The zero-order chi connectivity index (χ0) is 28.5. The lowest BCUT2D eigenvalue weighted by Crippen LogP contribution is -2.39. The first-order valence-electron chi connectivity index (χ1n) is 13.7. The molecule has 2 aliphatic heterocycles. The van der Waals surface area contributed by atoms with Crippen molar-refractivity contribution in [2.45, 2.75) is 25.8 Å². The van der Waals surface area contributed by atoms with Crippen molar-refractivity contribution in [1.82, 2.24) is 9.80 Å². The minimum atomic E-state index is -0.789. The van der Waals surface area contributed by atoms with E-state index in [4.69, 9.17) is 18.9 Å². The van der Waals surface area contributed by atoms with Crippen LogP contribution in [-0.2, 0) is 14.3 Å². The van der Waals surface area contributed by atoms with Crippen LogP contribution in [0, 0.1) is 0 Å². The third-order valence-electron chi connectivity index (χ3n) is 6.98. The Balaban J connectivity index is 1.69. The van der Waals surface area contributed by atoms with Gasteiger partial charge in [-0.25, -0.2) is 0 Å². The average molecular weight is 551 g/mol. The number of likely N-dealkylation sites (tertiary alicyclic amines) is 1. The highest BCUT2D eigenvalue weighted by Gasteiger charge is 2.46. The quantitative estimate of drug-likeness (QED) is 0.172. The molecular weight excluding hydrogens is 512 g/mol. The van der Waals surface area contributed by atoms with Gasteiger partial charge in [-0.2, -0.15) is 0 Å². The van der Waals surface area contributed by atoms with Gasteiger partial charge in [-0.3, -0.25) is 14.5 Å². The van der Waals surface area contributed by atoms with E-state index in [1.807, 2.05) is 6.92 Å². The van der Waals surface area contributed by atoms with Crippen LogP contribution in [0.4, 0.5) is 0 Å². The van der Waals surface area contributed by atoms with Gasteiger partial charge in [0.15, 0.2) is 11.5 Å². The van der Waals surface area contributed by atoms with E-state index in [2.05, 4.69) is 11.5 Å². The molecule has 2 aliphatic rings. The van der Waals surface area contributed by atoms with Gasteiger partial charge in [0, 0.05) is 31.7 Å². The SMILES string of the molecule is C=CCOc1ccc(C2/C(=C(\O)c3ccc(OCCC)cc3)C(=O)C(=O)N2CCCN2CCOCC2)cc1OC. The van der Waals surface area contributed by atoms with Crippen molar-refractivity contribution in [2.75, 3.05) is 59.7 Å². The highest BCUT2D eigenvalue weighted by atomic mass is 16.5. The fraction of sp³-hybridized carbons (Fsp3) is 0.419. The summed E-state index contributed by atoms with van der Waals surface area (Å²) in [6, 6.07) is 11.4. The molecule has 2 aromatic rings. The molecule has 2 heterocycles. The van der Waals surface area contributed by atoms with E-state index < -0.39 is 17.7 Å². The van der Waals surface area contributed by atoms with Gasteiger partial charge in [-0.1, -0.05) is 25.6 Å². The summed E-state index contributed by atoms with van der Waals surface area (Å²) >= 11 is 0. The maximum atomic E-state index is 13.4. The Labute approximate surface area is 235 Å². The number of morpholine rings is 1. The van der Waals surface area contributed by atoms with Crippen molar-refractivity contribution in [3.05, 3.63) is 71.8 Å². The second kappa shape index (κ2) is 14.0. The van der Waals surface area contributed by atoms with Crippen LogP contribution < -0.4 is 14.2 Å². The number of benzene rings is 2. The number of hydrogen-bond donors (Lipinski definition) is 1. The molecule has 0 saturated carbocycles. The van der Waals surface area contributed by atoms with Crippen molar-refractivity contribution < 1.29 is 33.6 Å². The van der Waals surface area contributed by atoms with E-state index in [9.17, 15) is 14.7 Å². The first-order valence-corrected chi connectivity index (χ1v) is 13.7. The van der Waals surface area contributed by atoms with Gasteiger partial charge < -0.3 is 29.0 Å². The second-order valence-corrected chi connectivity index (χ2v) is 9.68. The van der Waals surface area contributed by atoms with E-state index in [-0.39, 0.29) is 11.3 Å². The smallest absolute Gasteiger partial charge is 0.295 e. The Morgan fingerprint density at radius 1 is 1.07 bits per heavy atom. The maximum Gasteiger partial charge on any atom is 0.295 e. The Bertz CT molecular complexity index is 1220. The molecule has 1 N–H and O–H groups in total. The summed E-state index contributed by atoms with van der Waals surface area (Å²) in [5, 5.41) is 11.4. The lowest BCUT2D eigenvalue weighted by Gasteiger charge is -2.29. The fourth-order valence-corrected chi connectivity index (χ4v) is 4.95. The number of carbonyl (C=O) groups is 2. The van der Waals surface area contributed by atoms with Crippen LogP contribution >= 0.6 is 0 Å². The summed E-state index contributed by atoms with van der Waals surface area (Å²) in [7, 11) is 1.53. The van der Waals surface area contributed by atoms with Crippen LogP contribution in [0.5, 0.6) is 17.2 Å². The minimum Gasteiger partial charge on any atom is -0.507 e. The number of aliphatic hydroxyl groups excluding tert-OH is 1. The molecule has 0 aliphatic carbocycles. The highest BCUT2D eigenvalue weighted by molar-refractivity contribution is 6.46. The van der Waals surface area contributed by atoms with Crippen molar-refractivity contribution in [2.24, 2.45) is 0 Å². The maximum absolute atomic E-state index is 13.4. The van der Waals surface area contributed by atoms with E-state index in [1.54, 1.807) is 53.4 Å². The molecule has 0 bridgehead atoms. The van der Waals surface area contributed by atoms with Gasteiger partial charge in [0.1, 0.15) is 18.1 Å². The molecule has 9 nitrogen and oxygen atoms in total. The molecule has 0 spiro atoms. The summed E-state index contributed by atoms with van der Waals surface area (Å²) in [6.07, 6.45) is 3.18. The van der Waals surface area contributed by atoms with Crippen LogP contribution in [0.3, 0.4) is 0 Å². The summed E-state index contributed by atoms with van der Waals surface area (Å²) < 4.78 is 22.3. The van der Waals surface area contributed by atoms with E-state index >= 15 is 0 Å². The number of carbonyl (C=O) groups excluding carboxylic acids is 2. The average Bonchev–Trinajstić information content (AvgIpc) is 3.24. The van der Waals surface area contributed by atoms with Crippen molar-refractivity contribution in [3.63, 3.8) is 0 Å². The molecule has 40 heavy (non-hydrogen) atoms. The molecule has 4 rings (SSSR count). The van der Waals surface area contributed by atoms with Gasteiger partial charge in [0.25, 0.3) is 11.7 Å². The van der Waals surface area contributed by atoms with Gasteiger partial charge >= 0.3 is 0 Å². The standard InChI is InChI=1S/C31H38N2O7/c1-4-17-39-24-10-7-22(8-11-24)29(34)27-28(23-9-12-25(40-18-5-2)26(21-23)37-3)33(31(36)30(27)35)14-6-13-32-15-19-38-20-16-32/h5,7-12,21,28,34H,2,4,6,13-20H2,1,3H3/b29-27+. The fourth-order valence-electron chi connectivity index (χ4n) is 4.95. The number of methoxy groups -OCH3 is 1. The summed E-state index contributed by atoms with van der Waals surface area (Å²) in [6.45, 7) is 10.8. The number of rotatable bonds is 13. The van der Waals surface area contributed by atoms with Crippen LogP contribution in [0.2, 0.25) is 0 Å². The van der Waals surface area contributed by atoms with Crippen molar-refractivity contribution in [3.8, 4) is 17.2 Å². The summed E-state index contributed by atoms with van der Waals surface area (Å²) in [5.41, 5.74) is 1.11. The first kappa shape index (κ1) is 29.2. The predicted molar refractivity (Wildman–Crippen MR) is 152 cm³/mol. The zero-order valence-corrected chi connectivity index (χ0v) is 23.3. The van der Waals surface area contributed by atoms with Crippen molar-refractivity contribution in [1.29, 1.82) is 0 Å². The Hall–Kier alpha value is -3.82. The van der Waals surface area contributed by atoms with E-state index in [0.29, 0.717) is 67.8 Å². The monoisotopic (exact) mass is 550 g/mol. The lowest BCUT2D eigenvalue weighted by atomic mass is 9.95. The number of nitrogens with zero attached hydrogens (tertiary/aromatic N) is 2. The van der Waals surface area contributed by atoms with Crippen LogP contribution in [-0.4, -0.2) is 86.3 Å². The van der Waals surface area contributed by atoms with Crippen molar-refractivity contribution >= 4 is 17.4 Å². The minimum absolute atomic E-state index is 0.0420. The third kappa shape index (κ3) is 6.66. The molecule has 0 aromatic heterocycles. The molecule has 9 heteroatoms. The number of Topliss-reactive ketones (excluding diaryl/α,β-unsaturated/α-hetero) is 1. The summed E-state index contributed by atoms with van der Waals surface area (Å²) in [4.78, 5) is 30.6. The highest BCUT2D eigenvalue weighted by Crippen LogP contribution is 2.42. The number of ether oxygens (including phenoxy) is 4. The predicted octanol–water partition coefficient (Wildman–Crippen LogP) is 4.19. The number of amides is 1. The normalized spacial score (nSPS) is 19.1. The number of hydrogen-bond acceptors (Lipinski definition) is 8. The Kier molecular flexibility index (Phi) is 10.2. The van der Waals surface area contributed by atoms with E-state index in [0.717, 1.165) is 26.1 Å². The third-order valence-corrected chi connectivity index (χ3v) is 6.98. The largest absolute Gasteiger partial charge is 0.507 e. The molecule has 1 atom stereocenters.